The van der Waals surface area contributed by atoms with Crippen LogP contribution in [0, 0.1) is 0 Å². The minimum atomic E-state index is -0.196. The number of aliphatic hydroxyl groups is 1. The lowest BCUT2D eigenvalue weighted by atomic mass is 10.0. The Bertz CT molecular complexity index is 659. The van der Waals surface area contributed by atoms with Gasteiger partial charge in [-0.2, -0.15) is 0 Å². The van der Waals surface area contributed by atoms with E-state index >= 15 is 0 Å². The maximum atomic E-state index is 12.8. The Morgan fingerprint density at radius 3 is 2.58 bits per heavy atom. The van der Waals surface area contributed by atoms with Crippen molar-refractivity contribution in [2.75, 3.05) is 13.7 Å². The third kappa shape index (κ3) is 4.55. The Labute approximate surface area is 142 Å². The molecule has 1 aromatic heterocycles. The highest BCUT2D eigenvalue weighted by molar-refractivity contribution is 5.94. The average molecular weight is 328 g/mol. The molecule has 24 heavy (non-hydrogen) atoms. The largest absolute Gasteiger partial charge is 0.489 e. The number of amides is 1. The first-order valence-electron chi connectivity index (χ1n) is 8.07. The molecule has 1 atom stereocenters. The first-order valence-corrected chi connectivity index (χ1v) is 8.07. The van der Waals surface area contributed by atoms with Crippen LogP contribution in [0.5, 0.6) is 5.75 Å². The molecule has 0 aliphatic rings. The Hall–Kier alpha value is -2.40. The smallest absolute Gasteiger partial charge is 0.255 e. The number of rotatable bonds is 7. The molecule has 1 N–H and O–H groups in total. The molecule has 0 saturated heterocycles. The molecule has 0 fully saturated rings. The summed E-state index contributed by atoms with van der Waals surface area (Å²) in [5.41, 5.74) is 1.46. The van der Waals surface area contributed by atoms with Crippen molar-refractivity contribution in [1.29, 1.82) is 0 Å². The Morgan fingerprint density at radius 1 is 1.25 bits per heavy atom. The van der Waals surface area contributed by atoms with E-state index in [4.69, 9.17) is 4.74 Å². The molecule has 1 aromatic carbocycles. The summed E-state index contributed by atoms with van der Waals surface area (Å²) in [6.45, 7) is 3.85. The predicted molar refractivity (Wildman–Crippen MR) is 93.0 cm³/mol. The summed E-state index contributed by atoms with van der Waals surface area (Å²) in [5, 5.41) is 9.37. The van der Waals surface area contributed by atoms with Gasteiger partial charge in [0, 0.05) is 19.9 Å². The number of pyridine rings is 1. The molecule has 0 bridgehead atoms. The van der Waals surface area contributed by atoms with Crippen LogP contribution in [-0.2, 0) is 0 Å². The van der Waals surface area contributed by atoms with E-state index in [0.717, 1.165) is 5.56 Å². The SMILES string of the molecule is CC(C)Oc1cncc(C(=O)N(C)C(CCO)c2ccccc2)c1. The van der Waals surface area contributed by atoms with Gasteiger partial charge in [-0.15, -0.1) is 0 Å². The zero-order chi connectivity index (χ0) is 17.5. The summed E-state index contributed by atoms with van der Waals surface area (Å²) in [6, 6.07) is 11.2. The molecule has 5 heteroatoms. The van der Waals surface area contributed by atoms with Crippen LogP contribution >= 0.6 is 0 Å². The van der Waals surface area contributed by atoms with Gasteiger partial charge in [0.2, 0.25) is 0 Å². The normalized spacial score (nSPS) is 12.0. The van der Waals surface area contributed by atoms with Gasteiger partial charge in [0.1, 0.15) is 5.75 Å². The van der Waals surface area contributed by atoms with Crippen LogP contribution in [0.15, 0.2) is 48.8 Å². The third-order valence-corrected chi connectivity index (χ3v) is 3.71. The number of carbonyl (C=O) groups is 1. The molecule has 0 aliphatic carbocycles. The van der Waals surface area contributed by atoms with Crippen molar-refractivity contribution in [3.63, 3.8) is 0 Å². The van der Waals surface area contributed by atoms with Crippen LogP contribution in [0.1, 0.15) is 42.2 Å². The van der Waals surface area contributed by atoms with Crippen molar-refractivity contribution in [3.05, 3.63) is 59.9 Å². The topological polar surface area (TPSA) is 62.7 Å². The van der Waals surface area contributed by atoms with E-state index in [1.165, 1.54) is 6.20 Å². The fourth-order valence-corrected chi connectivity index (χ4v) is 2.60. The standard InChI is InChI=1S/C19H24N2O3/c1-14(2)24-17-11-16(12-20-13-17)19(23)21(3)18(9-10-22)15-7-5-4-6-8-15/h4-8,11-14,18,22H,9-10H2,1-3H3. The van der Waals surface area contributed by atoms with Crippen LogP contribution in [0.25, 0.3) is 0 Å². The van der Waals surface area contributed by atoms with E-state index in [1.54, 1.807) is 24.2 Å². The molecule has 128 valence electrons. The van der Waals surface area contributed by atoms with Gasteiger partial charge in [-0.05, 0) is 31.9 Å². The summed E-state index contributed by atoms with van der Waals surface area (Å²) in [7, 11) is 1.74. The first-order chi connectivity index (χ1) is 11.5. The van der Waals surface area contributed by atoms with Gasteiger partial charge >= 0.3 is 0 Å². The van der Waals surface area contributed by atoms with Crippen LogP contribution < -0.4 is 4.74 Å². The number of ether oxygens (including phenoxy) is 1. The highest BCUT2D eigenvalue weighted by atomic mass is 16.5. The summed E-state index contributed by atoms with van der Waals surface area (Å²) in [4.78, 5) is 18.6. The molecule has 1 unspecified atom stereocenters. The summed E-state index contributed by atoms with van der Waals surface area (Å²) in [5.74, 6) is 0.418. The Morgan fingerprint density at radius 2 is 1.96 bits per heavy atom. The number of hydrogen-bond acceptors (Lipinski definition) is 4. The maximum Gasteiger partial charge on any atom is 0.255 e. The van der Waals surface area contributed by atoms with Gasteiger partial charge in [0.15, 0.2) is 0 Å². The zero-order valence-corrected chi connectivity index (χ0v) is 14.3. The van der Waals surface area contributed by atoms with Crippen molar-refractivity contribution in [1.82, 2.24) is 9.88 Å². The molecule has 5 nitrogen and oxygen atoms in total. The van der Waals surface area contributed by atoms with E-state index in [2.05, 4.69) is 4.98 Å². The number of hydrogen-bond donors (Lipinski definition) is 1. The van der Waals surface area contributed by atoms with Gasteiger partial charge < -0.3 is 14.7 Å². The van der Waals surface area contributed by atoms with E-state index in [-0.39, 0.29) is 24.7 Å². The molecule has 2 rings (SSSR count). The van der Waals surface area contributed by atoms with Crippen molar-refractivity contribution >= 4 is 5.91 Å². The highest BCUT2D eigenvalue weighted by Crippen LogP contribution is 2.25. The van der Waals surface area contributed by atoms with Crippen LogP contribution in [0.3, 0.4) is 0 Å². The van der Waals surface area contributed by atoms with Gasteiger partial charge in [0.25, 0.3) is 5.91 Å². The fourth-order valence-electron chi connectivity index (χ4n) is 2.60. The second-order valence-electron chi connectivity index (χ2n) is 5.93. The molecule has 0 radical (unpaired) electrons. The van der Waals surface area contributed by atoms with E-state index in [9.17, 15) is 9.90 Å². The van der Waals surface area contributed by atoms with Gasteiger partial charge in [-0.25, -0.2) is 0 Å². The highest BCUT2D eigenvalue weighted by Gasteiger charge is 2.23. The minimum Gasteiger partial charge on any atom is -0.489 e. The molecule has 2 aromatic rings. The van der Waals surface area contributed by atoms with Crippen molar-refractivity contribution in [2.24, 2.45) is 0 Å². The zero-order valence-electron chi connectivity index (χ0n) is 14.3. The first kappa shape index (κ1) is 17.9. The fraction of sp³-hybridized carbons (Fsp3) is 0.368. The lowest BCUT2D eigenvalue weighted by molar-refractivity contribution is 0.0704. The monoisotopic (exact) mass is 328 g/mol. The van der Waals surface area contributed by atoms with Crippen molar-refractivity contribution < 1.29 is 14.6 Å². The van der Waals surface area contributed by atoms with Crippen LogP contribution in [-0.4, -0.2) is 40.7 Å². The number of benzene rings is 1. The lowest BCUT2D eigenvalue weighted by Gasteiger charge is -2.28. The molecule has 0 aliphatic heterocycles. The predicted octanol–water partition coefficient (Wildman–Crippen LogP) is 3.06. The van der Waals surface area contributed by atoms with E-state index < -0.39 is 0 Å². The lowest BCUT2D eigenvalue weighted by Crippen LogP contribution is -2.32. The number of aliphatic hydroxyl groups excluding tert-OH is 1. The van der Waals surface area contributed by atoms with Crippen molar-refractivity contribution in [3.8, 4) is 5.75 Å². The second-order valence-corrected chi connectivity index (χ2v) is 5.93. The third-order valence-electron chi connectivity index (χ3n) is 3.71. The Balaban J connectivity index is 2.23. The Kier molecular flexibility index (Phi) is 6.32. The maximum absolute atomic E-state index is 12.8. The van der Waals surface area contributed by atoms with Crippen LogP contribution in [0.4, 0.5) is 0 Å². The summed E-state index contributed by atoms with van der Waals surface area (Å²) in [6.07, 6.45) is 3.62. The number of carbonyl (C=O) groups excluding carboxylic acids is 1. The molecular formula is C19H24N2O3. The quantitative estimate of drug-likeness (QED) is 0.848. The molecule has 1 amide bonds. The second kappa shape index (κ2) is 8.45. The van der Waals surface area contributed by atoms with Gasteiger partial charge in [-0.1, -0.05) is 30.3 Å². The molecule has 0 saturated carbocycles. The van der Waals surface area contributed by atoms with Crippen LogP contribution in [0.2, 0.25) is 0 Å². The minimum absolute atomic E-state index is 0.00588. The van der Waals surface area contributed by atoms with E-state index in [1.807, 2.05) is 44.2 Å². The summed E-state index contributed by atoms with van der Waals surface area (Å²) < 4.78 is 5.60. The van der Waals surface area contributed by atoms with Gasteiger partial charge in [-0.3, -0.25) is 9.78 Å². The molecule has 1 heterocycles. The van der Waals surface area contributed by atoms with Crippen molar-refractivity contribution in [2.45, 2.75) is 32.4 Å². The average Bonchev–Trinajstić information content (AvgIpc) is 2.59. The molecule has 0 spiro atoms. The molecular weight excluding hydrogens is 304 g/mol. The summed E-state index contributed by atoms with van der Waals surface area (Å²) >= 11 is 0. The van der Waals surface area contributed by atoms with Gasteiger partial charge in [0.05, 0.1) is 23.9 Å². The van der Waals surface area contributed by atoms with E-state index in [0.29, 0.717) is 17.7 Å². The number of aromatic nitrogens is 1. The number of nitrogens with zero attached hydrogens (tertiary/aromatic N) is 2.